The van der Waals surface area contributed by atoms with Crippen molar-refractivity contribution >= 4 is 34.2 Å². The van der Waals surface area contributed by atoms with Crippen molar-refractivity contribution in [2.24, 2.45) is 23.2 Å². The Balaban J connectivity index is 1.24. The minimum absolute atomic E-state index is 0.196. The lowest BCUT2D eigenvalue weighted by Crippen LogP contribution is -2.50. The predicted octanol–water partition coefficient (Wildman–Crippen LogP) is 4.50. The number of amides is 1. The number of carbonyl (C=O) groups excluding carboxylic acids is 3. The third-order valence-corrected chi connectivity index (χ3v) is 8.92. The molecular weight excluding hydrogens is 414 g/mol. The first kappa shape index (κ1) is 21.0. The van der Waals surface area contributed by atoms with Crippen molar-refractivity contribution in [3.63, 3.8) is 0 Å². The molecule has 168 valence electrons. The van der Waals surface area contributed by atoms with Crippen LogP contribution < -0.4 is 5.32 Å². The molecule has 1 heterocycles. The second-order valence-corrected chi connectivity index (χ2v) is 11.1. The Kier molecular flexibility index (Phi) is 5.57. The molecule has 0 atom stereocenters. The van der Waals surface area contributed by atoms with Crippen LogP contribution in [0.1, 0.15) is 79.1 Å². The summed E-state index contributed by atoms with van der Waals surface area (Å²) in [7, 11) is 0. The van der Waals surface area contributed by atoms with Gasteiger partial charge in [0.25, 0.3) is 5.91 Å². The molecule has 4 bridgehead atoms. The van der Waals surface area contributed by atoms with Crippen LogP contribution in [0.3, 0.4) is 0 Å². The highest BCUT2D eigenvalue weighted by Gasteiger charge is 2.55. The molecule has 7 heteroatoms. The molecule has 1 N–H and O–H groups in total. The van der Waals surface area contributed by atoms with Crippen LogP contribution in [0.2, 0.25) is 0 Å². The Hall–Kier alpha value is -1.89. The summed E-state index contributed by atoms with van der Waals surface area (Å²) in [6, 6.07) is 0. The number of aryl methyl sites for hydroxylation is 1. The van der Waals surface area contributed by atoms with E-state index in [0.717, 1.165) is 55.4 Å². The molecule has 31 heavy (non-hydrogen) atoms. The number of esters is 2. The quantitative estimate of drug-likeness (QED) is 0.652. The minimum Gasteiger partial charge on any atom is -0.462 e. The maximum Gasteiger partial charge on any atom is 0.341 e. The van der Waals surface area contributed by atoms with Gasteiger partial charge in [-0.25, -0.2) is 4.79 Å². The normalized spacial score (nSPS) is 30.5. The maximum atomic E-state index is 13.0. The molecule has 0 unspecified atom stereocenters. The number of rotatable bonds is 6. The van der Waals surface area contributed by atoms with E-state index in [-0.39, 0.29) is 29.9 Å². The average molecular weight is 446 g/mol. The summed E-state index contributed by atoms with van der Waals surface area (Å²) in [6.45, 7) is 1.77. The first-order valence-corrected chi connectivity index (χ1v) is 12.6. The smallest absolute Gasteiger partial charge is 0.341 e. The fourth-order valence-electron chi connectivity index (χ4n) is 6.88. The van der Waals surface area contributed by atoms with Crippen LogP contribution in [0.4, 0.5) is 5.00 Å². The molecule has 1 amide bonds. The van der Waals surface area contributed by atoms with Gasteiger partial charge in [0.1, 0.15) is 5.00 Å². The Morgan fingerprint density at radius 1 is 1.00 bits per heavy atom. The molecule has 0 radical (unpaired) electrons. The molecule has 0 aliphatic heterocycles. The van der Waals surface area contributed by atoms with Crippen LogP contribution in [0.15, 0.2) is 0 Å². The molecule has 5 aliphatic rings. The van der Waals surface area contributed by atoms with Gasteiger partial charge in [0, 0.05) is 4.88 Å². The number of hydrogen-bond donors (Lipinski definition) is 1. The van der Waals surface area contributed by atoms with E-state index in [9.17, 15) is 14.4 Å². The van der Waals surface area contributed by atoms with Gasteiger partial charge in [0.2, 0.25) is 0 Å². The highest BCUT2D eigenvalue weighted by atomic mass is 32.1. The number of nitrogens with one attached hydrogen (secondary N) is 1. The first-order chi connectivity index (χ1) is 15.0. The van der Waals surface area contributed by atoms with E-state index in [0.29, 0.717) is 34.9 Å². The average Bonchev–Trinajstić information content (AvgIpc) is 3.09. The molecule has 6 nitrogen and oxygen atoms in total. The van der Waals surface area contributed by atoms with Gasteiger partial charge in [0.05, 0.1) is 17.6 Å². The van der Waals surface area contributed by atoms with E-state index in [1.807, 2.05) is 0 Å². The summed E-state index contributed by atoms with van der Waals surface area (Å²) >= 11 is 1.45. The zero-order chi connectivity index (χ0) is 21.6. The number of hydrogen-bond acceptors (Lipinski definition) is 6. The highest BCUT2D eigenvalue weighted by Crippen LogP contribution is 2.60. The van der Waals surface area contributed by atoms with Crippen LogP contribution in [-0.4, -0.2) is 31.1 Å². The van der Waals surface area contributed by atoms with Crippen molar-refractivity contribution < 1.29 is 23.9 Å². The van der Waals surface area contributed by atoms with E-state index in [1.54, 1.807) is 6.92 Å². The van der Waals surface area contributed by atoms with Gasteiger partial charge in [-0.3, -0.25) is 9.59 Å². The lowest BCUT2D eigenvalue weighted by Gasteiger charge is -2.55. The Bertz CT molecular complexity index is 869. The van der Waals surface area contributed by atoms with Crippen molar-refractivity contribution in [3.05, 3.63) is 16.0 Å². The number of fused-ring (bicyclic) bond motifs is 1. The summed E-state index contributed by atoms with van der Waals surface area (Å²) in [5.74, 6) is 0.981. The van der Waals surface area contributed by atoms with Gasteiger partial charge < -0.3 is 14.8 Å². The number of carbonyl (C=O) groups is 3. The number of ether oxygens (including phenoxy) is 2. The van der Waals surface area contributed by atoms with Gasteiger partial charge in [0.15, 0.2) is 6.61 Å². The molecule has 4 saturated carbocycles. The van der Waals surface area contributed by atoms with Crippen molar-refractivity contribution in [2.45, 2.75) is 71.1 Å². The fraction of sp³-hybridized carbons (Fsp3) is 0.708. The van der Waals surface area contributed by atoms with Gasteiger partial charge in [-0.05, 0) is 94.4 Å². The van der Waals surface area contributed by atoms with Crippen LogP contribution in [-0.2, 0) is 31.9 Å². The second-order valence-electron chi connectivity index (χ2n) is 9.96. The van der Waals surface area contributed by atoms with Crippen LogP contribution in [0.5, 0.6) is 0 Å². The molecule has 0 spiro atoms. The largest absolute Gasteiger partial charge is 0.462 e. The standard InChI is InChI=1S/C24H31NO5S/c1-2-29-22(27)20-17-5-3-4-6-18(17)31-21(20)25-19(26)13-30-23(28)24-10-14-7-15(11-24)9-16(8-14)12-24/h14-16H,2-13H2,1H3,(H,25,26). The third kappa shape index (κ3) is 3.90. The summed E-state index contributed by atoms with van der Waals surface area (Å²) < 4.78 is 10.8. The molecule has 0 saturated heterocycles. The van der Waals surface area contributed by atoms with Crippen molar-refractivity contribution in [2.75, 3.05) is 18.5 Å². The first-order valence-electron chi connectivity index (χ1n) is 11.8. The van der Waals surface area contributed by atoms with Crippen LogP contribution in [0, 0.1) is 23.2 Å². The van der Waals surface area contributed by atoms with Crippen molar-refractivity contribution in [1.29, 1.82) is 0 Å². The molecule has 1 aromatic rings. The Morgan fingerprint density at radius 2 is 1.65 bits per heavy atom. The topological polar surface area (TPSA) is 81.7 Å². The summed E-state index contributed by atoms with van der Waals surface area (Å²) in [4.78, 5) is 39.4. The molecule has 1 aromatic heterocycles. The zero-order valence-corrected chi connectivity index (χ0v) is 19.0. The number of thiophene rings is 1. The van der Waals surface area contributed by atoms with Gasteiger partial charge >= 0.3 is 11.9 Å². The molecule has 4 fully saturated rings. The van der Waals surface area contributed by atoms with Gasteiger partial charge in [-0.15, -0.1) is 11.3 Å². The third-order valence-electron chi connectivity index (χ3n) is 7.71. The monoisotopic (exact) mass is 445 g/mol. The Morgan fingerprint density at radius 3 is 2.29 bits per heavy atom. The SMILES string of the molecule is CCOC(=O)c1c(NC(=O)COC(=O)C23CC4CC(CC(C4)C2)C3)sc2c1CCCC2. The van der Waals surface area contributed by atoms with Crippen molar-refractivity contribution in [3.8, 4) is 0 Å². The summed E-state index contributed by atoms with van der Waals surface area (Å²) in [5.41, 5.74) is 1.13. The lowest BCUT2D eigenvalue weighted by molar-refractivity contribution is -0.172. The minimum atomic E-state index is -0.387. The van der Waals surface area contributed by atoms with E-state index in [1.165, 1.54) is 30.6 Å². The van der Waals surface area contributed by atoms with E-state index in [2.05, 4.69) is 5.32 Å². The van der Waals surface area contributed by atoms with Gasteiger partial charge in [-0.1, -0.05) is 0 Å². The fourth-order valence-corrected chi connectivity index (χ4v) is 8.17. The molecule has 6 rings (SSSR count). The van der Waals surface area contributed by atoms with Gasteiger partial charge in [-0.2, -0.15) is 0 Å². The molecular formula is C24H31NO5S. The van der Waals surface area contributed by atoms with Crippen LogP contribution in [0.25, 0.3) is 0 Å². The zero-order valence-electron chi connectivity index (χ0n) is 18.2. The lowest BCUT2D eigenvalue weighted by atomic mass is 9.49. The predicted molar refractivity (Wildman–Crippen MR) is 117 cm³/mol. The summed E-state index contributed by atoms with van der Waals surface area (Å²) in [5, 5.41) is 3.37. The molecule has 0 aromatic carbocycles. The highest BCUT2D eigenvalue weighted by molar-refractivity contribution is 7.17. The summed E-state index contributed by atoms with van der Waals surface area (Å²) in [6.07, 6.45) is 10.4. The second kappa shape index (κ2) is 8.23. The Labute approximate surface area is 187 Å². The number of anilines is 1. The van der Waals surface area contributed by atoms with E-state index in [4.69, 9.17) is 9.47 Å². The maximum absolute atomic E-state index is 13.0. The molecule has 5 aliphatic carbocycles. The van der Waals surface area contributed by atoms with Crippen LogP contribution >= 0.6 is 11.3 Å². The van der Waals surface area contributed by atoms with E-state index >= 15 is 0 Å². The van der Waals surface area contributed by atoms with E-state index < -0.39 is 0 Å². The van der Waals surface area contributed by atoms with Crippen molar-refractivity contribution in [1.82, 2.24) is 0 Å².